The van der Waals surface area contributed by atoms with Crippen molar-refractivity contribution >= 4 is 58.5 Å². The third-order valence-electron chi connectivity index (χ3n) is 3.68. The molecular weight excluding hydrogens is 466 g/mol. The van der Waals surface area contributed by atoms with Gasteiger partial charge < -0.3 is 4.42 Å². The van der Waals surface area contributed by atoms with Gasteiger partial charge in [0.15, 0.2) is 15.6 Å². The summed E-state index contributed by atoms with van der Waals surface area (Å²) in [4.78, 5) is 16.6. The molecule has 1 N–H and O–H groups in total. The summed E-state index contributed by atoms with van der Waals surface area (Å²) in [5.41, 5.74) is 0.582. The molecule has 28 heavy (non-hydrogen) atoms. The molecule has 0 aliphatic heterocycles. The van der Waals surface area contributed by atoms with E-state index in [1.54, 1.807) is 18.2 Å². The number of furan rings is 1. The first-order valence-corrected chi connectivity index (χ1v) is 11.1. The Kier molecular flexibility index (Phi) is 6.14. The number of carbonyl (C=O) groups is 1. The van der Waals surface area contributed by atoms with E-state index in [0.717, 1.165) is 0 Å². The number of carbonyl (C=O) groups excluding carboxylic acids is 1. The van der Waals surface area contributed by atoms with Crippen molar-refractivity contribution in [2.75, 3.05) is 18.4 Å². The van der Waals surface area contributed by atoms with Gasteiger partial charge >= 0.3 is 0 Å². The molecule has 0 spiro atoms. The highest BCUT2D eigenvalue weighted by molar-refractivity contribution is 9.10. The lowest BCUT2D eigenvalue weighted by Crippen LogP contribution is -2.31. The summed E-state index contributed by atoms with van der Waals surface area (Å²) in [5.74, 6) is -0.306. The van der Waals surface area contributed by atoms with E-state index in [2.05, 4.69) is 39.4 Å². The molecule has 7 nitrogen and oxygen atoms in total. The Morgan fingerprint density at radius 2 is 1.96 bits per heavy atom. The maximum absolute atomic E-state index is 12.9. The van der Waals surface area contributed by atoms with Crippen LogP contribution in [0.15, 0.2) is 69.6 Å². The van der Waals surface area contributed by atoms with Crippen LogP contribution in [0.25, 0.3) is 10.2 Å². The summed E-state index contributed by atoms with van der Waals surface area (Å²) in [5, 5.41) is 2.99. The number of amides is 1. The molecule has 0 fully saturated rings. The zero-order valence-corrected chi connectivity index (χ0v) is 17.8. The Morgan fingerprint density at radius 1 is 1.25 bits per heavy atom. The molecule has 0 atom stereocenters. The molecule has 10 heteroatoms. The molecule has 1 aromatic carbocycles. The van der Waals surface area contributed by atoms with Gasteiger partial charge in [-0.05, 0) is 46.3 Å². The van der Waals surface area contributed by atoms with Crippen molar-refractivity contribution in [1.82, 2.24) is 9.29 Å². The van der Waals surface area contributed by atoms with Gasteiger partial charge in [0.05, 0.1) is 15.1 Å². The van der Waals surface area contributed by atoms with Crippen molar-refractivity contribution in [3.8, 4) is 0 Å². The van der Waals surface area contributed by atoms with Crippen molar-refractivity contribution in [1.29, 1.82) is 0 Å². The van der Waals surface area contributed by atoms with E-state index in [0.29, 0.717) is 20.0 Å². The number of benzene rings is 1. The van der Waals surface area contributed by atoms with Gasteiger partial charge in [0.1, 0.15) is 0 Å². The zero-order chi connectivity index (χ0) is 20.3. The van der Waals surface area contributed by atoms with Crippen molar-refractivity contribution in [2.24, 2.45) is 0 Å². The summed E-state index contributed by atoms with van der Waals surface area (Å²) in [6.45, 7) is 7.55. The van der Waals surface area contributed by atoms with Crippen molar-refractivity contribution in [2.45, 2.75) is 4.90 Å². The monoisotopic (exact) mass is 481 g/mol. The van der Waals surface area contributed by atoms with E-state index in [1.807, 2.05) is 0 Å². The Morgan fingerprint density at radius 3 is 2.57 bits per heavy atom. The number of hydrogen-bond donors (Lipinski definition) is 1. The maximum Gasteiger partial charge on any atom is 0.293 e. The SMILES string of the molecule is C=CCN(CC=C)S(=O)(=O)c1ccc2nc(NC(=O)c3ccc(Br)o3)sc2c1. The topological polar surface area (TPSA) is 92.5 Å². The molecule has 0 aliphatic carbocycles. The highest BCUT2D eigenvalue weighted by atomic mass is 79.9. The Hall–Kier alpha value is -2.27. The molecule has 2 aromatic heterocycles. The fourth-order valence-corrected chi connectivity index (χ4v) is 5.11. The van der Waals surface area contributed by atoms with E-state index in [-0.39, 0.29) is 23.7 Å². The highest BCUT2D eigenvalue weighted by Crippen LogP contribution is 2.29. The minimum Gasteiger partial charge on any atom is -0.444 e. The number of fused-ring (bicyclic) bond motifs is 1. The van der Waals surface area contributed by atoms with Gasteiger partial charge in [-0.15, -0.1) is 13.2 Å². The number of nitrogens with one attached hydrogen (secondary N) is 1. The first-order valence-electron chi connectivity index (χ1n) is 8.04. The van der Waals surface area contributed by atoms with Crippen molar-refractivity contribution in [3.63, 3.8) is 0 Å². The van der Waals surface area contributed by atoms with Crippen LogP contribution in [0.2, 0.25) is 0 Å². The van der Waals surface area contributed by atoms with Crippen LogP contribution in [-0.2, 0) is 10.0 Å². The van der Waals surface area contributed by atoms with Crippen molar-refractivity contribution in [3.05, 3.63) is 66.1 Å². The fraction of sp³-hybridized carbons (Fsp3) is 0.111. The Labute approximate surface area is 174 Å². The van der Waals surface area contributed by atoms with Gasteiger partial charge in [-0.2, -0.15) is 4.31 Å². The number of rotatable bonds is 8. The second-order valence-corrected chi connectivity index (χ2v) is 9.36. The number of anilines is 1. The first-order chi connectivity index (χ1) is 13.3. The van der Waals surface area contributed by atoms with Gasteiger partial charge in [-0.1, -0.05) is 23.5 Å². The van der Waals surface area contributed by atoms with Gasteiger partial charge in [0.2, 0.25) is 10.0 Å². The van der Waals surface area contributed by atoms with Crippen LogP contribution in [0.3, 0.4) is 0 Å². The summed E-state index contributed by atoms with van der Waals surface area (Å²) >= 11 is 4.32. The number of halogens is 1. The van der Waals surface area contributed by atoms with Crippen LogP contribution in [0, 0.1) is 0 Å². The van der Waals surface area contributed by atoms with E-state index < -0.39 is 15.9 Å². The minimum atomic E-state index is -3.71. The van der Waals surface area contributed by atoms with Crippen LogP contribution in [0.1, 0.15) is 10.6 Å². The number of sulfonamides is 1. The number of aromatic nitrogens is 1. The average molecular weight is 482 g/mol. The summed E-state index contributed by atoms with van der Waals surface area (Å²) in [6, 6.07) is 7.79. The molecule has 3 rings (SSSR count). The van der Waals surface area contributed by atoms with Crippen LogP contribution in [-0.4, -0.2) is 36.7 Å². The Balaban J connectivity index is 1.89. The van der Waals surface area contributed by atoms with Crippen LogP contribution < -0.4 is 5.32 Å². The second-order valence-electron chi connectivity index (χ2n) is 5.61. The molecule has 0 aliphatic rings. The van der Waals surface area contributed by atoms with Crippen LogP contribution in [0.4, 0.5) is 5.13 Å². The van der Waals surface area contributed by atoms with E-state index in [4.69, 9.17) is 4.42 Å². The predicted octanol–water partition coefficient (Wildman–Crippen LogP) is 4.27. The van der Waals surface area contributed by atoms with Gasteiger partial charge in [0, 0.05) is 13.1 Å². The third-order valence-corrected chi connectivity index (χ3v) is 6.87. The number of nitrogens with zero attached hydrogens (tertiary/aromatic N) is 2. The third kappa shape index (κ3) is 4.25. The fourth-order valence-electron chi connectivity index (χ4n) is 2.42. The lowest BCUT2D eigenvalue weighted by atomic mass is 10.3. The maximum atomic E-state index is 12.9. The first kappa shape index (κ1) is 20.5. The molecular formula is C18H16BrN3O4S2. The molecule has 1 amide bonds. The lowest BCUT2D eigenvalue weighted by molar-refractivity contribution is 0.0995. The number of thiazole rings is 1. The van der Waals surface area contributed by atoms with E-state index >= 15 is 0 Å². The molecule has 0 bridgehead atoms. The quantitative estimate of drug-likeness (QED) is 0.485. The van der Waals surface area contributed by atoms with Gasteiger partial charge in [0.25, 0.3) is 5.91 Å². The molecule has 146 valence electrons. The largest absolute Gasteiger partial charge is 0.444 e. The van der Waals surface area contributed by atoms with Gasteiger partial charge in [-0.3, -0.25) is 10.1 Å². The predicted molar refractivity (Wildman–Crippen MR) is 113 cm³/mol. The lowest BCUT2D eigenvalue weighted by Gasteiger charge is -2.18. The summed E-state index contributed by atoms with van der Waals surface area (Å²) in [7, 11) is -3.71. The number of hydrogen-bond acceptors (Lipinski definition) is 6. The summed E-state index contributed by atoms with van der Waals surface area (Å²) in [6.07, 6.45) is 3.04. The Bertz CT molecular complexity index is 1140. The van der Waals surface area contributed by atoms with Crippen molar-refractivity contribution < 1.29 is 17.6 Å². The average Bonchev–Trinajstić information content (AvgIpc) is 3.26. The zero-order valence-electron chi connectivity index (χ0n) is 14.6. The molecule has 3 aromatic rings. The normalized spacial score (nSPS) is 11.6. The molecule has 0 saturated heterocycles. The molecule has 0 unspecified atom stereocenters. The summed E-state index contributed by atoms with van der Waals surface area (Å²) < 4.78 is 33.3. The molecule has 0 saturated carbocycles. The highest BCUT2D eigenvalue weighted by Gasteiger charge is 2.23. The van der Waals surface area contributed by atoms with E-state index in [1.165, 1.54) is 39.9 Å². The van der Waals surface area contributed by atoms with Crippen LogP contribution in [0.5, 0.6) is 0 Å². The molecule has 2 heterocycles. The van der Waals surface area contributed by atoms with Crippen LogP contribution >= 0.6 is 27.3 Å². The standard InChI is InChI=1S/C18H16BrN3O4S2/c1-3-9-22(10-4-2)28(24,25)12-5-6-13-15(11-12)27-18(20-13)21-17(23)14-7-8-16(19)26-14/h3-8,11H,1-2,9-10H2,(H,20,21,23). The van der Waals surface area contributed by atoms with E-state index in [9.17, 15) is 13.2 Å². The molecule has 0 radical (unpaired) electrons. The smallest absolute Gasteiger partial charge is 0.293 e. The minimum absolute atomic E-state index is 0.138. The second kappa shape index (κ2) is 8.39. The van der Waals surface area contributed by atoms with Gasteiger partial charge in [-0.25, -0.2) is 13.4 Å².